The predicted molar refractivity (Wildman–Crippen MR) is 57.0 cm³/mol. The SMILES string of the molecule is Cl.N[C@@H]1C(O)O[C@H](CO)[C@@H](O)[C@@H]1I. The van der Waals surface area contributed by atoms with E-state index in [4.69, 9.17) is 15.6 Å². The molecule has 0 aromatic heterocycles. The second-order valence-electron chi connectivity index (χ2n) is 2.76. The third kappa shape index (κ3) is 2.88. The maximum Gasteiger partial charge on any atom is 0.171 e. The molecule has 0 radical (unpaired) electrons. The minimum Gasteiger partial charge on any atom is -0.394 e. The summed E-state index contributed by atoms with van der Waals surface area (Å²) < 4.78 is 4.55. The quantitative estimate of drug-likeness (QED) is 0.352. The van der Waals surface area contributed by atoms with Crippen molar-refractivity contribution < 1.29 is 20.1 Å². The van der Waals surface area contributed by atoms with Gasteiger partial charge in [0.1, 0.15) is 6.10 Å². The zero-order chi connectivity index (χ0) is 9.30. The van der Waals surface area contributed by atoms with Crippen LogP contribution in [0.3, 0.4) is 0 Å². The number of aliphatic hydroxyl groups excluding tert-OH is 3. The van der Waals surface area contributed by atoms with E-state index in [1.54, 1.807) is 0 Å². The summed E-state index contributed by atoms with van der Waals surface area (Å²) >= 11 is 1.94. The molecular formula is C6H13ClINO4. The Morgan fingerprint density at radius 3 is 2.38 bits per heavy atom. The predicted octanol–water partition coefficient (Wildman–Crippen LogP) is -1.39. The number of ether oxygens (including phenoxy) is 1. The number of hydrogen-bond acceptors (Lipinski definition) is 5. The van der Waals surface area contributed by atoms with E-state index in [9.17, 15) is 10.2 Å². The first-order valence-electron chi connectivity index (χ1n) is 3.60. The van der Waals surface area contributed by atoms with Crippen molar-refractivity contribution in [3.63, 3.8) is 0 Å². The molecule has 80 valence electrons. The molecule has 0 amide bonds. The van der Waals surface area contributed by atoms with Crippen LogP contribution in [0.15, 0.2) is 0 Å². The summed E-state index contributed by atoms with van der Waals surface area (Å²) in [5.41, 5.74) is 5.50. The Bertz CT molecular complexity index is 159. The summed E-state index contributed by atoms with van der Waals surface area (Å²) in [6.07, 6.45) is -2.66. The van der Waals surface area contributed by atoms with E-state index in [-0.39, 0.29) is 22.9 Å². The third-order valence-electron chi connectivity index (χ3n) is 1.90. The molecule has 0 bridgehead atoms. The molecule has 0 aromatic carbocycles. The first-order valence-corrected chi connectivity index (χ1v) is 4.84. The second kappa shape index (κ2) is 5.64. The van der Waals surface area contributed by atoms with Crippen molar-refractivity contribution in [3.05, 3.63) is 0 Å². The summed E-state index contributed by atoms with van der Waals surface area (Å²) in [6.45, 7) is -0.315. The van der Waals surface area contributed by atoms with Crippen molar-refractivity contribution in [2.75, 3.05) is 6.61 Å². The summed E-state index contributed by atoms with van der Waals surface area (Å²) in [4.78, 5) is 0. The standard InChI is InChI=1S/C6H12INO4.ClH/c7-3-4(8)6(11)12-2(1-9)5(3)10;/h2-6,9-11H,1,8H2;1H/t2-,3-,4+,5-,6?;/m1./s1. The second-order valence-corrected chi connectivity index (χ2v) is 4.20. The van der Waals surface area contributed by atoms with Crippen LogP contribution in [0.5, 0.6) is 0 Å². The van der Waals surface area contributed by atoms with E-state index >= 15 is 0 Å². The van der Waals surface area contributed by atoms with Crippen molar-refractivity contribution in [3.8, 4) is 0 Å². The highest BCUT2D eigenvalue weighted by Gasteiger charge is 2.40. The van der Waals surface area contributed by atoms with Crippen LogP contribution in [-0.4, -0.2) is 50.4 Å². The van der Waals surface area contributed by atoms with Gasteiger partial charge in [-0.15, -0.1) is 12.4 Å². The Morgan fingerprint density at radius 1 is 1.38 bits per heavy atom. The fourth-order valence-corrected chi connectivity index (χ4v) is 1.91. The largest absolute Gasteiger partial charge is 0.394 e. The zero-order valence-corrected chi connectivity index (χ0v) is 9.68. The first-order chi connectivity index (χ1) is 5.57. The lowest BCUT2D eigenvalue weighted by molar-refractivity contribution is -0.211. The average molecular weight is 326 g/mol. The van der Waals surface area contributed by atoms with E-state index in [0.29, 0.717) is 0 Å². The summed E-state index contributed by atoms with van der Waals surface area (Å²) in [5.74, 6) is 0. The molecule has 0 spiro atoms. The molecule has 5 atom stereocenters. The van der Waals surface area contributed by atoms with Crippen LogP contribution >= 0.6 is 35.0 Å². The monoisotopic (exact) mass is 325 g/mol. The van der Waals surface area contributed by atoms with Crippen LogP contribution in [0.4, 0.5) is 0 Å². The van der Waals surface area contributed by atoms with E-state index < -0.39 is 24.5 Å². The number of hydrogen-bond donors (Lipinski definition) is 4. The Morgan fingerprint density at radius 2 is 1.92 bits per heavy atom. The van der Waals surface area contributed by atoms with Crippen molar-refractivity contribution in [1.82, 2.24) is 0 Å². The van der Waals surface area contributed by atoms with Crippen LogP contribution in [0, 0.1) is 0 Å². The molecule has 1 fully saturated rings. The smallest absolute Gasteiger partial charge is 0.171 e. The van der Waals surface area contributed by atoms with Gasteiger partial charge in [-0.3, -0.25) is 0 Å². The topological polar surface area (TPSA) is 95.9 Å². The van der Waals surface area contributed by atoms with Gasteiger partial charge in [-0.05, 0) is 0 Å². The van der Waals surface area contributed by atoms with Gasteiger partial charge >= 0.3 is 0 Å². The van der Waals surface area contributed by atoms with Crippen LogP contribution in [0.2, 0.25) is 0 Å². The van der Waals surface area contributed by atoms with Gasteiger partial charge in [0.2, 0.25) is 0 Å². The maximum atomic E-state index is 9.44. The molecule has 0 aliphatic carbocycles. The van der Waals surface area contributed by atoms with Crippen LogP contribution in [-0.2, 0) is 4.74 Å². The number of alkyl halides is 1. The lowest BCUT2D eigenvalue weighted by Crippen LogP contribution is -2.59. The Kier molecular flexibility index (Phi) is 6.00. The Labute approximate surface area is 95.8 Å². The zero-order valence-electron chi connectivity index (χ0n) is 6.71. The minimum absolute atomic E-state index is 0. The maximum absolute atomic E-state index is 9.44. The lowest BCUT2D eigenvalue weighted by Gasteiger charge is -2.38. The Balaban J connectivity index is 0.00000144. The minimum atomic E-state index is -1.10. The van der Waals surface area contributed by atoms with Crippen molar-refractivity contribution in [2.24, 2.45) is 5.73 Å². The molecule has 5 N–H and O–H groups in total. The molecular weight excluding hydrogens is 312 g/mol. The van der Waals surface area contributed by atoms with E-state index in [0.717, 1.165) is 0 Å². The highest BCUT2D eigenvalue weighted by molar-refractivity contribution is 14.1. The normalized spacial score (nSPS) is 45.5. The van der Waals surface area contributed by atoms with Crippen LogP contribution in [0.1, 0.15) is 0 Å². The summed E-state index contributed by atoms with van der Waals surface area (Å²) in [5, 5.41) is 27.4. The molecule has 1 rings (SSSR count). The summed E-state index contributed by atoms with van der Waals surface area (Å²) in [7, 11) is 0. The van der Waals surface area contributed by atoms with Gasteiger partial charge in [0.25, 0.3) is 0 Å². The molecule has 1 aliphatic heterocycles. The van der Waals surface area contributed by atoms with Gasteiger partial charge < -0.3 is 25.8 Å². The molecule has 1 saturated heterocycles. The van der Waals surface area contributed by atoms with Gasteiger partial charge in [0.15, 0.2) is 6.29 Å². The molecule has 13 heavy (non-hydrogen) atoms. The van der Waals surface area contributed by atoms with Crippen molar-refractivity contribution in [2.45, 2.75) is 28.5 Å². The van der Waals surface area contributed by atoms with Crippen LogP contribution < -0.4 is 5.73 Å². The highest BCUT2D eigenvalue weighted by atomic mass is 127. The van der Waals surface area contributed by atoms with Gasteiger partial charge in [-0.2, -0.15) is 0 Å². The molecule has 7 heteroatoms. The summed E-state index contributed by atoms with van der Waals surface area (Å²) in [6, 6.07) is -0.608. The fourth-order valence-electron chi connectivity index (χ4n) is 1.09. The third-order valence-corrected chi connectivity index (χ3v) is 3.47. The van der Waals surface area contributed by atoms with E-state index in [1.165, 1.54) is 0 Å². The van der Waals surface area contributed by atoms with Gasteiger partial charge in [0, 0.05) is 0 Å². The molecule has 1 aliphatic rings. The highest BCUT2D eigenvalue weighted by Crippen LogP contribution is 2.24. The first kappa shape index (κ1) is 13.8. The Hall–Kier alpha value is 0.820. The molecule has 0 saturated carbocycles. The lowest BCUT2D eigenvalue weighted by atomic mass is 10.0. The molecule has 5 nitrogen and oxygen atoms in total. The van der Waals surface area contributed by atoms with Crippen LogP contribution in [0.25, 0.3) is 0 Å². The molecule has 1 heterocycles. The van der Waals surface area contributed by atoms with Gasteiger partial charge in [-0.1, -0.05) is 22.6 Å². The van der Waals surface area contributed by atoms with Gasteiger partial charge in [-0.25, -0.2) is 0 Å². The number of rotatable bonds is 1. The van der Waals surface area contributed by atoms with Crippen molar-refractivity contribution in [1.29, 1.82) is 0 Å². The van der Waals surface area contributed by atoms with Gasteiger partial charge in [0.05, 0.1) is 22.7 Å². The number of halogens is 2. The van der Waals surface area contributed by atoms with E-state index in [1.807, 2.05) is 22.6 Å². The average Bonchev–Trinajstić information content (AvgIpc) is 2.08. The van der Waals surface area contributed by atoms with E-state index in [2.05, 4.69) is 0 Å². The number of nitrogens with two attached hydrogens (primary N) is 1. The fraction of sp³-hybridized carbons (Fsp3) is 1.00. The number of aliphatic hydroxyl groups is 3. The molecule has 1 unspecified atom stereocenters. The van der Waals surface area contributed by atoms with Crippen molar-refractivity contribution >= 4 is 35.0 Å². The molecule has 0 aromatic rings.